The van der Waals surface area contributed by atoms with Gasteiger partial charge in [0.2, 0.25) is 0 Å². The number of rotatable bonds is 3. The van der Waals surface area contributed by atoms with E-state index < -0.39 is 0 Å². The molecule has 0 aliphatic carbocycles. The zero-order valence-corrected chi connectivity index (χ0v) is 11.3. The van der Waals surface area contributed by atoms with E-state index in [2.05, 4.69) is 21.2 Å². The van der Waals surface area contributed by atoms with Crippen molar-refractivity contribution in [2.45, 2.75) is 32.7 Å². The van der Waals surface area contributed by atoms with Crippen molar-refractivity contribution >= 4 is 21.8 Å². The quantitative estimate of drug-likeness (QED) is 0.897. The topological polar surface area (TPSA) is 49.3 Å². The lowest BCUT2D eigenvalue weighted by Gasteiger charge is -2.24. The molecule has 4 heteroatoms. The van der Waals surface area contributed by atoms with E-state index in [4.69, 9.17) is 0 Å². The fourth-order valence-electron chi connectivity index (χ4n) is 1.16. The Kier molecular flexibility index (Phi) is 3.97. The number of nitrogens with one attached hydrogen (secondary N) is 1. The smallest absolute Gasteiger partial charge is 0.255 e. The van der Waals surface area contributed by atoms with Crippen LogP contribution >= 0.6 is 15.9 Å². The van der Waals surface area contributed by atoms with Crippen molar-refractivity contribution in [1.29, 1.82) is 0 Å². The third-order valence-corrected chi connectivity index (χ3v) is 3.03. The molecule has 0 unspecified atom stereocenters. The van der Waals surface area contributed by atoms with Crippen molar-refractivity contribution in [3.8, 4) is 5.75 Å². The molecule has 0 bridgehead atoms. The van der Waals surface area contributed by atoms with Crippen LogP contribution in [0.4, 0.5) is 0 Å². The number of hydrogen-bond donors (Lipinski definition) is 2. The van der Waals surface area contributed by atoms with Crippen LogP contribution in [0.15, 0.2) is 22.7 Å². The minimum absolute atomic E-state index is 0.0150. The average Bonchev–Trinajstić information content (AvgIpc) is 2.16. The van der Waals surface area contributed by atoms with Crippen molar-refractivity contribution in [1.82, 2.24) is 5.32 Å². The molecule has 0 saturated heterocycles. The van der Waals surface area contributed by atoms with Gasteiger partial charge in [0.1, 0.15) is 5.75 Å². The van der Waals surface area contributed by atoms with Crippen LogP contribution in [0.1, 0.15) is 37.6 Å². The summed E-state index contributed by atoms with van der Waals surface area (Å²) < 4.78 is 0.747. The van der Waals surface area contributed by atoms with Gasteiger partial charge in [0.15, 0.2) is 0 Å². The Bertz CT molecular complexity index is 402. The van der Waals surface area contributed by atoms with Crippen LogP contribution in [0, 0.1) is 0 Å². The number of halogens is 1. The predicted octanol–water partition coefficient (Wildman–Crippen LogP) is 3.07. The third-order valence-electron chi connectivity index (χ3n) is 2.54. The molecule has 0 atom stereocenters. The molecule has 0 fully saturated rings. The van der Waals surface area contributed by atoms with E-state index >= 15 is 0 Å². The second kappa shape index (κ2) is 4.87. The zero-order chi connectivity index (χ0) is 12.3. The number of hydrogen-bond acceptors (Lipinski definition) is 2. The summed E-state index contributed by atoms with van der Waals surface area (Å²) in [6.07, 6.45) is 0.829. The van der Waals surface area contributed by atoms with Crippen LogP contribution in [0.2, 0.25) is 0 Å². The molecule has 0 aromatic heterocycles. The zero-order valence-electron chi connectivity index (χ0n) is 9.67. The summed E-state index contributed by atoms with van der Waals surface area (Å²) in [5, 5.41) is 12.5. The van der Waals surface area contributed by atoms with Crippen LogP contribution < -0.4 is 5.32 Å². The Labute approximate surface area is 104 Å². The van der Waals surface area contributed by atoms with E-state index in [0.29, 0.717) is 5.56 Å². The maximum atomic E-state index is 11.9. The molecular formula is C12H16BrNO2. The van der Waals surface area contributed by atoms with Crippen molar-refractivity contribution in [3.63, 3.8) is 0 Å². The molecule has 0 spiro atoms. The molecule has 0 heterocycles. The van der Waals surface area contributed by atoms with E-state index in [0.717, 1.165) is 10.9 Å². The SMILES string of the molecule is CCC(C)(C)NC(=O)c1ccc(Br)cc1O. The summed E-state index contributed by atoms with van der Waals surface area (Å²) in [6, 6.07) is 4.84. The predicted molar refractivity (Wildman–Crippen MR) is 67.6 cm³/mol. The second-order valence-electron chi connectivity index (χ2n) is 4.35. The number of phenolic OH excluding ortho intramolecular Hbond substituents is 1. The average molecular weight is 286 g/mol. The number of amides is 1. The van der Waals surface area contributed by atoms with Crippen LogP contribution in [0.25, 0.3) is 0 Å². The Hall–Kier alpha value is -1.03. The summed E-state index contributed by atoms with van der Waals surface area (Å²) in [7, 11) is 0. The van der Waals surface area contributed by atoms with E-state index in [9.17, 15) is 9.90 Å². The molecule has 16 heavy (non-hydrogen) atoms. The number of benzene rings is 1. The fourth-order valence-corrected chi connectivity index (χ4v) is 1.51. The molecule has 1 rings (SSSR count). The van der Waals surface area contributed by atoms with Gasteiger partial charge < -0.3 is 10.4 Å². The van der Waals surface area contributed by atoms with E-state index in [1.165, 1.54) is 6.07 Å². The van der Waals surface area contributed by atoms with Gasteiger partial charge >= 0.3 is 0 Å². The second-order valence-corrected chi connectivity index (χ2v) is 5.27. The maximum Gasteiger partial charge on any atom is 0.255 e. The third kappa shape index (κ3) is 3.23. The Morgan fingerprint density at radius 2 is 2.12 bits per heavy atom. The van der Waals surface area contributed by atoms with Gasteiger partial charge in [0.25, 0.3) is 5.91 Å². The molecule has 1 aromatic carbocycles. The van der Waals surface area contributed by atoms with Crippen LogP contribution in [-0.2, 0) is 0 Å². The van der Waals surface area contributed by atoms with Gasteiger partial charge in [-0.3, -0.25) is 4.79 Å². The Balaban J connectivity index is 2.89. The van der Waals surface area contributed by atoms with Crippen LogP contribution in [-0.4, -0.2) is 16.6 Å². The highest BCUT2D eigenvalue weighted by Crippen LogP contribution is 2.23. The van der Waals surface area contributed by atoms with Gasteiger partial charge in [0.05, 0.1) is 5.56 Å². The van der Waals surface area contributed by atoms with Gasteiger partial charge in [-0.05, 0) is 38.5 Å². The first-order valence-corrected chi connectivity index (χ1v) is 5.96. The molecule has 3 nitrogen and oxygen atoms in total. The summed E-state index contributed by atoms with van der Waals surface area (Å²) in [5.74, 6) is -0.268. The number of phenols is 1. The molecule has 1 amide bonds. The van der Waals surface area contributed by atoms with Crippen molar-refractivity contribution < 1.29 is 9.90 Å². The molecule has 0 aliphatic heterocycles. The first kappa shape index (κ1) is 13.0. The lowest BCUT2D eigenvalue weighted by atomic mass is 10.0. The maximum absolute atomic E-state index is 11.9. The lowest BCUT2D eigenvalue weighted by Crippen LogP contribution is -2.42. The molecule has 0 saturated carbocycles. The lowest BCUT2D eigenvalue weighted by molar-refractivity contribution is 0.0908. The minimum Gasteiger partial charge on any atom is -0.507 e. The minimum atomic E-state index is -0.267. The number of carbonyl (C=O) groups excluding carboxylic acids is 1. The molecule has 2 N–H and O–H groups in total. The molecular weight excluding hydrogens is 270 g/mol. The standard InChI is InChI=1S/C12H16BrNO2/c1-4-12(2,3)14-11(16)9-6-5-8(13)7-10(9)15/h5-7,15H,4H2,1-3H3,(H,14,16). The largest absolute Gasteiger partial charge is 0.507 e. The van der Waals surface area contributed by atoms with Crippen LogP contribution in [0.5, 0.6) is 5.75 Å². The summed E-state index contributed by atoms with van der Waals surface area (Å²) >= 11 is 3.23. The molecule has 0 radical (unpaired) electrons. The Morgan fingerprint density at radius 1 is 1.50 bits per heavy atom. The highest BCUT2D eigenvalue weighted by molar-refractivity contribution is 9.10. The Morgan fingerprint density at radius 3 is 2.62 bits per heavy atom. The fraction of sp³-hybridized carbons (Fsp3) is 0.417. The van der Waals surface area contributed by atoms with Gasteiger partial charge in [-0.25, -0.2) is 0 Å². The molecule has 0 aliphatic rings. The van der Waals surface area contributed by atoms with E-state index in [-0.39, 0.29) is 17.2 Å². The molecule has 88 valence electrons. The molecule has 1 aromatic rings. The monoisotopic (exact) mass is 285 g/mol. The van der Waals surface area contributed by atoms with Gasteiger partial charge in [-0.1, -0.05) is 22.9 Å². The van der Waals surface area contributed by atoms with E-state index in [1.54, 1.807) is 12.1 Å². The normalized spacial score (nSPS) is 11.2. The first-order valence-electron chi connectivity index (χ1n) is 5.17. The van der Waals surface area contributed by atoms with Crippen molar-refractivity contribution in [3.05, 3.63) is 28.2 Å². The number of aromatic hydroxyl groups is 1. The summed E-state index contributed by atoms with van der Waals surface area (Å²) in [4.78, 5) is 11.9. The highest BCUT2D eigenvalue weighted by atomic mass is 79.9. The summed E-state index contributed by atoms with van der Waals surface area (Å²) in [5.41, 5.74) is 0.0288. The van der Waals surface area contributed by atoms with Gasteiger partial charge in [-0.15, -0.1) is 0 Å². The first-order chi connectivity index (χ1) is 7.35. The van der Waals surface area contributed by atoms with Crippen LogP contribution in [0.3, 0.4) is 0 Å². The van der Waals surface area contributed by atoms with E-state index in [1.807, 2.05) is 20.8 Å². The van der Waals surface area contributed by atoms with Gasteiger partial charge in [-0.2, -0.15) is 0 Å². The van der Waals surface area contributed by atoms with Crippen molar-refractivity contribution in [2.24, 2.45) is 0 Å². The summed E-state index contributed by atoms with van der Waals surface area (Å²) in [6.45, 7) is 5.89. The van der Waals surface area contributed by atoms with Crippen molar-refractivity contribution in [2.75, 3.05) is 0 Å². The van der Waals surface area contributed by atoms with Gasteiger partial charge in [0, 0.05) is 10.0 Å². The highest BCUT2D eigenvalue weighted by Gasteiger charge is 2.20. The number of carbonyl (C=O) groups is 1.